The minimum atomic E-state index is 0.656. The van der Waals surface area contributed by atoms with E-state index in [-0.39, 0.29) is 0 Å². The standard InChI is InChI=1S/C14H22N2S/c1-3-15-12-8-7-11(2)10-13(12)17-14-6-4-5-9-16-14/h4-6,9,11-13,15H,3,7-8,10H2,1-2H3. The Morgan fingerprint density at radius 2 is 2.29 bits per heavy atom. The van der Waals surface area contributed by atoms with Crippen molar-refractivity contribution in [3.8, 4) is 0 Å². The number of aromatic nitrogens is 1. The Morgan fingerprint density at radius 3 is 3.00 bits per heavy atom. The Morgan fingerprint density at radius 1 is 1.41 bits per heavy atom. The zero-order valence-electron chi connectivity index (χ0n) is 10.7. The maximum atomic E-state index is 4.43. The molecule has 0 spiro atoms. The Kier molecular flexibility index (Phi) is 4.86. The van der Waals surface area contributed by atoms with E-state index in [4.69, 9.17) is 0 Å². The summed E-state index contributed by atoms with van der Waals surface area (Å²) >= 11 is 1.94. The van der Waals surface area contributed by atoms with E-state index in [1.165, 1.54) is 19.3 Å². The number of nitrogens with one attached hydrogen (secondary N) is 1. The van der Waals surface area contributed by atoms with Gasteiger partial charge < -0.3 is 5.32 Å². The number of pyridine rings is 1. The van der Waals surface area contributed by atoms with Gasteiger partial charge >= 0.3 is 0 Å². The highest BCUT2D eigenvalue weighted by Gasteiger charge is 2.28. The number of rotatable bonds is 4. The minimum Gasteiger partial charge on any atom is -0.313 e. The van der Waals surface area contributed by atoms with Gasteiger partial charge in [0.25, 0.3) is 0 Å². The van der Waals surface area contributed by atoms with Crippen LogP contribution in [0, 0.1) is 5.92 Å². The van der Waals surface area contributed by atoms with Crippen LogP contribution in [-0.4, -0.2) is 22.8 Å². The maximum Gasteiger partial charge on any atom is 0.0963 e. The van der Waals surface area contributed by atoms with E-state index >= 15 is 0 Å². The molecule has 1 fully saturated rings. The average molecular weight is 250 g/mol. The van der Waals surface area contributed by atoms with Crippen LogP contribution in [0.4, 0.5) is 0 Å². The molecule has 3 heteroatoms. The number of thioether (sulfide) groups is 1. The van der Waals surface area contributed by atoms with Gasteiger partial charge in [0.1, 0.15) is 0 Å². The van der Waals surface area contributed by atoms with Crippen molar-refractivity contribution < 1.29 is 0 Å². The molecule has 3 unspecified atom stereocenters. The van der Waals surface area contributed by atoms with Gasteiger partial charge in [0, 0.05) is 17.5 Å². The fourth-order valence-electron chi connectivity index (χ4n) is 2.53. The molecule has 0 aromatic carbocycles. The summed E-state index contributed by atoms with van der Waals surface area (Å²) in [4.78, 5) is 4.43. The van der Waals surface area contributed by atoms with Crippen LogP contribution in [0.25, 0.3) is 0 Å². The molecule has 0 aliphatic heterocycles. The number of hydrogen-bond acceptors (Lipinski definition) is 3. The molecule has 1 aromatic heterocycles. The van der Waals surface area contributed by atoms with E-state index in [0.717, 1.165) is 17.5 Å². The molecular weight excluding hydrogens is 228 g/mol. The highest BCUT2D eigenvalue weighted by atomic mass is 32.2. The number of nitrogens with zero attached hydrogens (tertiary/aromatic N) is 1. The van der Waals surface area contributed by atoms with Gasteiger partial charge in [-0.1, -0.05) is 19.9 Å². The Labute approximate surface area is 109 Å². The van der Waals surface area contributed by atoms with Gasteiger partial charge in [0.05, 0.1) is 5.03 Å². The monoisotopic (exact) mass is 250 g/mol. The maximum absolute atomic E-state index is 4.43. The van der Waals surface area contributed by atoms with Crippen LogP contribution < -0.4 is 5.32 Å². The Hall–Kier alpha value is -0.540. The van der Waals surface area contributed by atoms with Crippen molar-refractivity contribution >= 4 is 11.8 Å². The van der Waals surface area contributed by atoms with E-state index < -0.39 is 0 Å². The molecule has 94 valence electrons. The first-order chi connectivity index (χ1) is 8.29. The van der Waals surface area contributed by atoms with Gasteiger partial charge in [-0.3, -0.25) is 0 Å². The van der Waals surface area contributed by atoms with Crippen molar-refractivity contribution in [3.05, 3.63) is 24.4 Å². The lowest BCUT2D eigenvalue weighted by Crippen LogP contribution is -2.42. The molecule has 1 N–H and O–H groups in total. The summed E-state index contributed by atoms with van der Waals surface area (Å²) in [5.74, 6) is 0.853. The summed E-state index contributed by atoms with van der Waals surface area (Å²) in [5, 5.41) is 5.46. The van der Waals surface area contributed by atoms with Gasteiger partial charge in [-0.15, -0.1) is 11.8 Å². The van der Waals surface area contributed by atoms with Gasteiger partial charge in [-0.2, -0.15) is 0 Å². The fraction of sp³-hybridized carbons (Fsp3) is 0.643. The van der Waals surface area contributed by atoms with Crippen molar-refractivity contribution in [2.24, 2.45) is 5.92 Å². The van der Waals surface area contributed by atoms with Crippen molar-refractivity contribution in [2.45, 2.75) is 49.4 Å². The summed E-state index contributed by atoms with van der Waals surface area (Å²) < 4.78 is 0. The summed E-state index contributed by atoms with van der Waals surface area (Å²) in [6.07, 6.45) is 5.85. The molecule has 2 nitrogen and oxygen atoms in total. The lowest BCUT2D eigenvalue weighted by atomic mass is 9.87. The molecule has 1 heterocycles. The molecule has 0 amide bonds. The largest absolute Gasteiger partial charge is 0.313 e. The first-order valence-electron chi connectivity index (χ1n) is 6.60. The normalized spacial score (nSPS) is 29.2. The molecule has 0 saturated heterocycles. The third kappa shape index (κ3) is 3.71. The second kappa shape index (κ2) is 6.41. The summed E-state index contributed by atoms with van der Waals surface area (Å²) in [7, 11) is 0. The zero-order chi connectivity index (χ0) is 12.1. The van der Waals surface area contributed by atoms with Crippen molar-refractivity contribution in [1.82, 2.24) is 10.3 Å². The Balaban J connectivity index is 1.99. The van der Waals surface area contributed by atoms with Crippen molar-refractivity contribution in [3.63, 3.8) is 0 Å². The van der Waals surface area contributed by atoms with Crippen LogP contribution in [0.3, 0.4) is 0 Å². The van der Waals surface area contributed by atoms with Crippen molar-refractivity contribution in [1.29, 1.82) is 0 Å². The van der Waals surface area contributed by atoms with Crippen molar-refractivity contribution in [2.75, 3.05) is 6.54 Å². The quantitative estimate of drug-likeness (QED) is 0.887. The molecule has 1 aromatic rings. The first kappa shape index (κ1) is 12.9. The highest BCUT2D eigenvalue weighted by molar-refractivity contribution is 7.99. The third-order valence-corrected chi connectivity index (χ3v) is 4.74. The molecule has 1 aliphatic rings. The Bertz CT molecular complexity index is 328. The molecule has 1 aliphatic carbocycles. The van der Waals surface area contributed by atoms with E-state index in [9.17, 15) is 0 Å². The van der Waals surface area contributed by atoms with Crippen LogP contribution in [0.15, 0.2) is 29.4 Å². The van der Waals surface area contributed by atoms with E-state index in [0.29, 0.717) is 11.3 Å². The third-order valence-electron chi connectivity index (χ3n) is 3.43. The lowest BCUT2D eigenvalue weighted by Gasteiger charge is -2.34. The predicted molar refractivity (Wildman–Crippen MR) is 74.4 cm³/mol. The lowest BCUT2D eigenvalue weighted by molar-refractivity contribution is 0.320. The predicted octanol–water partition coefficient (Wildman–Crippen LogP) is 3.34. The van der Waals surface area contributed by atoms with Crippen LogP contribution in [0.2, 0.25) is 0 Å². The molecule has 0 radical (unpaired) electrons. The second-order valence-electron chi connectivity index (χ2n) is 4.91. The van der Waals surface area contributed by atoms with Gasteiger partial charge in [-0.05, 0) is 43.9 Å². The molecule has 2 rings (SSSR count). The topological polar surface area (TPSA) is 24.9 Å². The summed E-state index contributed by atoms with van der Waals surface area (Å²) in [6, 6.07) is 6.83. The zero-order valence-corrected chi connectivity index (χ0v) is 11.5. The highest BCUT2D eigenvalue weighted by Crippen LogP contribution is 2.35. The number of hydrogen-bond donors (Lipinski definition) is 1. The van der Waals surface area contributed by atoms with Gasteiger partial charge in [0.2, 0.25) is 0 Å². The smallest absolute Gasteiger partial charge is 0.0963 e. The van der Waals surface area contributed by atoms with Gasteiger partial charge in [0.15, 0.2) is 0 Å². The van der Waals surface area contributed by atoms with Crippen LogP contribution >= 0.6 is 11.8 Å². The minimum absolute atomic E-state index is 0.656. The molecule has 0 bridgehead atoms. The van der Waals surface area contributed by atoms with Gasteiger partial charge in [-0.25, -0.2) is 4.98 Å². The SMILES string of the molecule is CCNC1CCC(C)CC1Sc1ccccn1. The van der Waals surface area contributed by atoms with E-state index in [1.807, 2.05) is 24.0 Å². The molecular formula is C14H22N2S. The second-order valence-corrected chi connectivity index (χ2v) is 6.17. The summed E-state index contributed by atoms with van der Waals surface area (Å²) in [6.45, 7) is 5.63. The molecule has 17 heavy (non-hydrogen) atoms. The molecule has 3 atom stereocenters. The first-order valence-corrected chi connectivity index (χ1v) is 7.48. The van der Waals surface area contributed by atoms with Crippen LogP contribution in [0.1, 0.15) is 33.1 Å². The van der Waals surface area contributed by atoms with Crippen LogP contribution in [0.5, 0.6) is 0 Å². The fourth-order valence-corrected chi connectivity index (χ4v) is 3.94. The van der Waals surface area contributed by atoms with E-state index in [1.54, 1.807) is 0 Å². The molecule has 1 saturated carbocycles. The average Bonchev–Trinajstić information content (AvgIpc) is 2.34. The van der Waals surface area contributed by atoms with E-state index in [2.05, 4.69) is 36.3 Å². The summed E-state index contributed by atoms with van der Waals surface area (Å²) in [5.41, 5.74) is 0. The van der Waals surface area contributed by atoms with Crippen LogP contribution in [-0.2, 0) is 0 Å².